The lowest BCUT2D eigenvalue weighted by molar-refractivity contribution is 0.0591. The molecule has 0 aliphatic carbocycles. The van der Waals surface area contributed by atoms with E-state index < -0.39 is 10.0 Å². The number of fused-ring (bicyclic) bond motifs is 1. The van der Waals surface area contributed by atoms with Crippen molar-refractivity contribution in [3.63, 3.8) is 0 Å². The lowest BCUT2D eigenvalue weighted by atomic mass is 9.89. The van der Waals surface area contributed by atoms with Crippen molar-refractivity contribution in [3.8, 4) is 0 Å². The molecule has 1 saturated heterocycles. The minimum absolute atomic E-state index is 0.217. The number of anilines is 2. The van der Waals surface area contributed by atoms with Gasteiger partial charge >= 0.3 is 0 Å². The lowest BCUT2D eigenvalue weighted by Gasteiger charge is -2.41. The number of hydrogen-bond donors (Lipinski definition) is 0. The van der Waals surface area contributed by atoms with Crippen LogP contribution >= 0.6 is 0 Å². The van der Waals surface area contributed by atoms with E-state index in [0.29, 0.717) is 23.4 Å². The van der Waals surface area contributed by atoms with E-state index in [1.54, 1.807) is 4.31 Å². The van der Waals surface area contributed by atoms with E-state index in [2.05, 4.69) is 32.6 Å². The summed E-state index contributed by atoms with van der Waals surface area (Å²) in [6.45, 7) is 11.7. The Morgan fingerprint density at radius 1 is 1.06 bits per heavy atom. The zero-order valence-corrected chi connectivity index (χ0v) is 22.0. The normalized spacial score (nSPS) is 18.1. The summed E-state index contributed by atoms with van der Waals surface area (Å²) in [6, 6.07) is 14.2. The molecule has 1 atom stereocenters. The molecule has 0 unspecified atom stereocenters. The Bertz CT molecular complexity index is 1060. The largest absolute Gasteiger partial charge is 0.381 e. The Kier molecular flexibility index (Phi) is 7.88. The number of nitrogens with zero attached hydrogens (tertiary/aromatic N) is 2. The van der Waals surface area contributed by atoms with Crippen LogP contribution in [0.2, 0.25) is 0 Å². The Morgan fingerprint density at radius 3 is 2.41 bits per heavy atom. The van der Waals surface area contributed by atoms with Crippen LogP contribution in [0.4, 0.5) is 11.4 Å². The molecule has 0 amide bonds. The monoisotopic (exact) mass is 484 g/mol. The molecule has 2 aliphatic heterocycles. The van der Waals surface area contributed by atoms with Crippen LogP contribution in [0.15, 0.2) is 47.4 Å². The molecule has 5 nitrogen and oxygen atoms in total. The predicted octanol–water partition coefficient (Wildman–Crippen LogP) is 5.67. The highest BCUT2D eigenvalue weighted by Gasteiger charge is 2.31. The number of rotatable bonds is 8. The maximum atomic E-state index is 13.9. The van der Waals surface area contributed by atoms with Gasteiger partial charge in [0.1, 0.15) is 0 Å². The second kappa shape index (κ2) is 10.7. The topological polar surface area (TPSA) is 49.9 Å². The summed E-state index contributed by atoms with van der Waals surface area (Å²) in [5.41, 5.74) is 4.29. The zero-order valence-electron chi connectivity index (χ0n) is 21.2. The van der Waals surface area contributed by atoms with E-state index >= 15 is 0 Å². The lowest BCUT2D eigenvalue weighted by Crippen LogP contribution is -2.43. The highest BCUT2D eigenvalue weighted by molar-refractivity contribution is 7.92. The number of ether oxygens (including phenoxy) is 1. The van der Waals surface area contributed by atoms with Crippen LogP contribution in [-0.2, 0) is 27.6 Å². The van der Waals surface area contributed by atoms with Gasteiger partial charge in [-0.1, -0.05) is 32.9 Å². The van der Waals surface area contributed by atoms with Gasteiger partial charge in [-0.3, -0.25) is 4.31 Å². The van der Waals surface area contributed by atoms with Gasteiger partial charge in [-0.15, -0.1) is 0 Å². The van der Waals surface area contributed by atoms with Gasteiger partial charge in [-0.2, -0.15) is 0 Å². The van der Waals surface area contributed by atoms with Gasteiger partial charge in [-0.05, 0) is 92.3 Å². The number of benzene rings is 2. The number of hydrogen-bond acceptors (Lipinski definition) is 4. The third-order valence-corrected chi connectivity index (χ3v) is 9.19. The molecule has 1 fully saturated rings. The SMILES string of the molecule is CCc1ccc(N(CC(C)C)S(=O)(=O)c2ccc3c(c2)CCCN3[C@@H](C)C2CCOCC2)cc1. The van der Waals surface area contributed by atoms with E-state index in [4.69, 9.17) is 4.74 Å². The molecule has 34 heavy (non-hydrogen) atoms. The molecule has 0 aromatic heterocycles. The first-order valence-electron chi connectivity index (χ1n) is 12.9. The first kappa shape index (κ1) is 25.1. The fourth-order valence-electron chi connectivity index (χ4n) is 5.34. The van der Waals surface area contributed by atoms with E-state index in [1.807, 2.05) is 42.5 Å². The van der Waals surface area contributed by atoms with E-state index in [9.17, 15) is 8.42 Å². The van der Waals surface area contributed by atoms with Crippen molar-refractivity contribution < 1.29 is 13.2 Å². The molecule has 2 aliphatic rings. The van der Waals surface area contributed by atoms with Crippen molar-refractivity contribution >= 4 is 21.4 Å². The second-order valence-corrected chi connectivity index (χ2v) is 12.1. The molecule has 2 heterocycles. The van der Waals surface area contributed by atoms with Gasteiger partial charge in [-0.25, -0.2) is 8.42 Å². The smallest absolute Gasteiger partial charge is 0.264 e. The Balaban J connectivity index is 1.64. The highest BCUT2D eigenvalue weighted by Crippen LogP contribution is 2.35. The van der Waals surface area contributed by atoms with Gasteiger partial charge in [0.2, 0.25) is 0 Å². The molecule has 0 saturated carbocycles. The molecule has 0 bridgehead atoms. The molecule has 0 spiro atoms. The Labute approximate surface area is 206 Å². The average molecular weight is 485 g/mol. The minimum atomic E-state index is -3.66. The molecule has 4 rings (SSSR count). The van der Waals surface area contributed by atoms with Crippen molar-refractivity contribution in [2.24, 2.45) is 11.8 Å². The molecule has 186 valence electrons. The summed E-state index contributed by atoms with van der Waals surface area (Å²) in [4.78, 5) is 2.90. The first-order valence-corrected chi connectivity index (χ1v) is 14.3. The molecule has 2 aromatic carbocycles. The molecule has 2 aromatic rings. The molecular formula is C28H40N2O3S. The van der Waals surface area contributed by atoms with Crippen LogP contribution in [0.25, 0.3) is 0 Å². The summed E-state index contributed by atoms with van der Waals surface area (Å²) in [6.07, 6.45) is 5.11. The number of aryl methyl sites for hydroxylation is 2. The summed E-state index contributed by atoms with van der Waals surface area (Å²) < 4.78 is 34.9. The standard InChI is InChI=1S/C28H40N2O3S/c1-5-23-8-10-26(11-9-23)30(20-21(2)3)34(31,32)27-12-13-28-25(19-27)7-6-16-29(28)22(4)24-14-17-33-18-15-24/h8-13,19,21-22,24H,5-7,14-18,20H2,1-4H3/t22-/m0/s1. The fraction of sp³-hybridized carbons (Fsp3) is 0.571. The summed E-state index contributed by atoms with van der Waals surface area (Å²) in [7, 11) is -3.66. The second-order valence-electron chi connectivity index (χ2n) is 10.2. The molecule has 0 radical (unpaired) electrons. The van der Waals surface area contributed by atoms with Gasteiger partial charge in [0, 0.05) is 38.0 Å². The highest BCUT2D eigenvalue weighted by atomic mass is 32.2. The number of sulfonamides is 1. The Morgan fingerprint density at radius 2 is 1.76 bits per heavy atom. The van der Waals surface area contributed by atoms with Crippen molar-refractivity contribution in [1.29, 1.82) is 0 Å². The van der Waals surface area contributed by atoms with E-state index in [0.717, 1.165) is 63.1 Å². The first-order chi connectivity index (χ1) is 16.3. The van der Waals surface area contributed by atoms with Crippen molar-refractivity contribution in [2.75, 3.05) is 35.5 Å². The van der Waals surface area contributed by atoms with Crippen molar-refractivity contribution in [1.82, 2.24) is 0 Å². The third kappa shape index (κ3) is 5.28. The van der Waals surface area contributed by atoms with Crippen LogP contribution in [-0.4, -0.2) is 40.8 Å². The van der Waals surface area contributed by atoms with Gasteiger partial charge in [0.15, 0.2) is 0 Å². The van der Waals surface area contributed by atoms with Gasteiger partial charge < -0.3 is 9.64 Å². The maximum Gasteiger partial charge on any atom is 0.264 e. The summed E-state index contributed by atoms with van der Waals surface area (Å²) >= 11 is 0. The van der Waals surface area contributed by atoms with E-state index in [-0.39, 0.29) is 5.92 Å². The van der Waals surface area contributed by atoms with Crippen LogP contribution < -0.4 is 9.21 Å². The van der Waals surface area contributed by atoms with Gasteiger partial charge in [0.05, 0.1) is 10.6 Å². The quantitative estimate of drug-likeness (QED) is 0.485. The van der Waals surface area contributed by atoms with Crippen LogP contribution in [0, 0.1) is 11.8 Å². The summed E-state index contributed by atoms with van der Waals surface area (Å²) in [5, 5.41) is 0. The fourth-order valence-corrected chi connectivity index (χ4v) is 7.02. The van der Waals surface area contributed by atoms with Gasteiger partial charge in [0.25, 0.3) is 10.0 Å². The Hall–Kier alpha value is -2.05. The zero-order chi connectivity index (χ0) is 24.3. The summed E-state index contributed by atoms with van der Waals surface area (Å²) in [5.74, 6) is 0.838. The van der Waals surface area contributed by atoms with E-state index in [1.165, 1.54) is 11.3 Å². The molecule has 0 N–H and O–H groups in total. The van der Waals surface area contributed by atoms with Crippen LogP contribution in [0.3, 0.4) is 0 Å². The average Bonchev–Trinajstić information content (AvgIpc) is 2.86. The predicted molar refractivity (Wildman–Crippen MR) is 140 cm³/mol. The van der Waals surface area contributed by atoms with Crippen molar-refractivity contribution in [3.05, 3.63) is 53.6 Å². The maximum absolute atomic E-state index is 13.9. The van der Waals surface area contributed by atoms with Crippen LogP contribution in [0.1, 0.15) is 58.1 Å². The minimum Gasteiger partial charge on any atom is -0.381 e. The van der Waals surface area contributed by atoms with Crippen LogP contribution in [0.5, 0.6) is 0 Å². The van der Waals surface area contributed by atoms with Crippen molar-refractivity contribution in [2.45, 2.75) is 70.7 Å². The molecular weight excluding hydrogens is 444 g/mol. The molecule has 6 heteroatoms. The third-order valence-electron chi connectivity index (χ3n) is 7.40.